The van der Waals surface area contributed by atoms with Gasteiger partial charge in [0.2, 0.25) is 5.76 Å². The van der Waals surface area contributed by atoms with E-state index in [1.165, 1.54) is 0 Å². The van der Waals surface area contributed by atoms with E-state index in [2.05, 4.69) is 4.18 Å². The van der Waals surface area contributed by atoms with Crippen molar-refractivity contribution in [2.45, 2.75) is 55.7 Å². The van der Waals surface area contributed by atoms with Crippen molar-refractivity contribution in [2.75, 3.05) is 19.8 Å². The predicted octanol–water partition coefficient (Wildman–Crippen LogP) is -3.29. The summed E-state index contributed by atoms with van der Waals surface area (Å²) in [6.45, 7) is -0.527. The lowest BCUT2D eigenvalue weighted by Gasteiger charge is -2.41. The maximum absolute atomic E-state index is 11.1. The van der Waals surface area contributed by atoms with Crippen LogP contribution in [0.4, 0.5) is 0 Å². The van der Waals surface area contributed by atoms with E-state index in [1.54, 1.807) is 0 Å². The molecule has 180 valence electrons. The van der Waals surface area contributed by atoms with Crippen molar-refractivity contribution < 1.29 is 61.7 Å². The second-order valence-electron chi connectivity index (χ2n) is 7.14. The maximum atomic E-state index is 11.1. The Balaban J connectivity index is 1.90. The first-order valence-electron chi connectivity index (χ1n) is 9.36. The van der Waals surface area contributed by atoms with Crippen LogP contribution in [0.25, 0.3) is 0 Å². The third-order valence-corrected chi connectivity index (χ3v) is 5.49. The van der Waals surface area contributed by atoms with E-state index in [0.717, 1.165) is 6.08 Å². The van der Waals surface area contributed by atoms with E-state index >= 15 is 0 Å². The summed E-state index contributed by atoms with van der Waals surface area (Å²) in [5.41, 5.74) is 5.65. The van der Waals surface area contributed by atoms with E-state index in [1.807, 2.05) is 0 Å². The van der Waals surface area contributed by atoms with Crippen LogP contribution >= 0.6 is 0 Å². The zero-order chi connectivity index (χ0) is 23.3. The summed E-state index contributed by atoms with van der Waals surface area (Å²) in [4.78, 5) is 11.1. The Morgan fingerprint density at radius 1 is 1.16 bits per heavy atom. The van der Waals surface area contributed by atoms with Crippen molar-refractivity contribution in [3.8, 4) is 0 Å². The van der Waals surface area contributed by atoms with Crippen LogP contribution in [0.5, 0.6) is 0 Å². The molecule has 2 aliphatic heterocycles. The molecule has 8 N–H and O–H groups in total. The first kappa shape index (κ1) is 25.9. The fraction of sp³-hybridized carbons (Fsp3) is 0.812. The largest absolute Gasteiger partial charge is 0.480 e. The predicted molar refractivity (Wildman–Crippen MR) is 98.5 cm³/mol. The van der Waals surface area contributed by atoms with Gasteiger partial charge in [-0.25, -0.2) is 8.98 Å². The topological polar surface area (TPSA) is 236 Å². The average molecular weight is 473 g/mol. The number of carboxylic acid groups (broad SMARTS) is 1. The molecular formula is C16H27NO13S. The van der Waals surface area contributed by atoms with Crippen LogP contribution in [0.3, 0.4) is 0 Å². The summed E-state index contributed by atoms with van der Waals surface area (Å²) in [5, 5.41) is 48.2. The van der Waals surface area contributed by atoms with Crippen molar-refractivity contribution in [3.63, 3.8) is 0 Å². The molecule has 8 atom stereocenters. The van der Waals surface area contributed by atoms with E-state index in [0.29, 0.717) is 0 Å². The van der Waals surface area contributed by atoms with Gasteiger partial charge in [0.25, 0.3) is 0 Å². The monoisotopic (exact) mass is 473 g/mol. The van der Waals surface area contributed by atoms with Crippen LogP contribution in [0, 0.1) is 5.92 Å². The number of aliphatic hydroxyl groups is 4. The van der Waals surface area contributed by atoms with Gasteiger partial charge in [0.1, 0.15) is 18.3 Å². The number of rotatable bonds is 10. The highest BCUT2D eigenvalue weighted by atomic mass is 32.3. The Morgan fingerprint density at radius 2 is 1.81 bits per heavy atom. The Labute approximate surface area is 177 Å². The molecule has 31 heavy (non-hydrogen) atoms. The number of carbonyl (C=O) groups is 1. The Bertz CT molecular complexity index is 742. The average Bonchev–Trinajstić information content (AvgIpc) is 2.68. The standard InChI is InChI=1S/C16H27NO13S/c17-12-13(20)7(11(6-18)29-16(12)23)1-3-27-4-2-9-14(30-31(24,25)26)8(19)5-10(28-9)15(21)22/h5,7-9,11-14,16,18-20,23H,1-4,6,17H2,(H,21,22)(H,24,25,26)/t7-,8+,9+,11-,12-,13+,14-,16+/m1/s1. The Hall–Kier alpha value is -1.40. The molecule has 0 aromatic heterocycles. The lowest BCUT2D eigenvalue weighted by molar-refractivity contribution is -0.234. The van der Waals surface area contributed by atoms with Crippen molar-refractivity contribution in [3.05, 3.63) is 11.8 Å². The lowest BCUT2D eigenvalue weighted by atomic mass is 9.86. The number of hydrogen-bond acceptors (Lipinski definition) is 12. The number of aliphatic hydroxyl groups excluding tert-OH is 4. The van der Waals surface area contributed by atoms with Crippen LogP contribution in [-0.2, 0) is 33.6 Å². The molecule has 0 amide bonds. The molecule has 1 saturated heterocycles. The van der Waals surface area contributed by atoms with Gasteiger partial charge in [-0.05, 0) is 12.5 Å². The fourth-order valence-corrected chi connectivity index (χ4v) is 3.96. The molecule has 0 aliphatic carbocycles. The van der Waals surface area contributed by atoms with E-state index in [4.69, 9.17) is 29.6 Å². The van der Waals surface area contributed by atoms with Gasteiger partial charge in [-0.15, -0.1) is 0 Å². The molecule has 0 aromatic carbocycles. The minimum atomic E-state index is -4.96. The van der Waals surface area contributed by atoms with Crippen LogP contribution in [0.15, 0.2) is 11.8 Å². The number of carboxylic acids is 1. The molecule has 0 bridgehead atoms. The van der Waals surface area contributed by atoms with Crippen molar-refractivity contribution in [1.29, 1.82) is 0 Å². The van der Waals surface area contributed by atoms with E-state index < -0.39 is 77.5 Å². The zero-order valence-corrected chi connectivity index (χ0v) is 17.1. The molecule has 0 radical (unpaired) electrons. The molecule has 2 heterocycles. The van der Waals surface area contributed by atoms with Gasteiger partial charge >= 0.3 is 16.4 Å². The number of hydrogen-bond donors (Lipinski definition) is 7. The highest BCUT2D eigenvalue weighted by Gasteiger charge is 2.42. The minimum Gasteiger partial charge on any atom is -0.480 e. The first-order chi connectivity index (χ1) is 14.4. The minimum absolute atomic E-state index is 0.0329. The van der Waals surface area contributed by atoms with Gasteiger partial charge < -0.3 is 45.5 Å². The Kier molecular flexibility index (Phi) is 9.14. The Morgan fingerprint density at radius 3 is 2.39 bits per heavy atom. The van der Waals surface area contributed by atoms with Crippen molar-refractivity contribution in [1.82, 2.24) is 0 Å². The summed E-state index contributed by atoms with van der Waals surface area (Å²) in [7, 11) is -4.96. The van der Waals surface area contributed by atoms with E-state index in [9.17, 15) is 33.6 Å². The third kappa shape index (κ3) is 7.04. The molecule has 1 fully saturated rings. The van der Waals surface area contributed by atoms with Crippen LogP contribution in [-0.4, -0.2) is 107 Å². The normalized spacial score (nSPS) is 36.5. The van der Waals surface area contributed by atoms with Gasteiger partial charge in [-0.3, -0.25) is 4.55 Å². The highest BCUT2D eigenvalue weighted by molar-refractivity contribution is 7.80. The summed E-state index contributed by atoms with van der Waals surface area (Å²) < 4.78 is 51.0. The van der Waals surface area contributed by atoms with Crippen molar-refractivity contribution >= 4 is 16.4 Å². The zero-order valence-electron chi connectivity index (χ0n) is 16.3. The smallest absolute Gasteiger partial charge is 0.397 e. The summed E-state index contributed by atoms with van der Waals surface area (Å²) >= 11 is 0. The second-order valence-corrected chi connectivity index (χ2v) is 8.19. The molecule has 0 unspecified atom stereocenters. The second kappa shape index (κ2) is 11.0. The van der Waals surface area contributed by atoms with Gasteiger partial charge in [0.15, 0.2) is 6.29 Å². The molecule has 0 spiro atoms. The molecule has 15 heteroatoms. The lowest BCUT2D eigenvalue weighted by Crippen LogP contribution is -2.59. The molecular weight excluding hydrogens is 446 g/mol. The molecule has 2 aliphatic rings. The summed E-state index contributed by atoms with van der Waals surface area (Å²) in [5.74, 6) is -2.74. The molecule has 2 rings (SSSR count). The number of aliphatic carboxylic acids is 1. The van der Waals surface area contributed by atoms with Gasteiger partial charge in [0.05, 0.1) is 31.5 Å². The number of nitrogens with two attached hydrogens (primary N) is 1. The molecule has 0 aromatic rings. The quantitative estimate of drug-likeness (QED) is 0.122. The molecule has 14 nitrogen and oxygen atoms in total. The van der Waals surface area contributed by atoms with E-state index in [-0.39, 0.29) is 26.1 Å². The van der Waals surface area contributed by atoms with Gasteiger partial charge in [-0.1, -0.05) is 0 Å². The van der Waals surface area contributed by atoms with Crippen LogP contribution in [0.2, 0.25) is 0 Å². The maximum Gasteiger partial charge on any atom is 0.397 e. The summed E-state index contributed by atoms with van der Waals surface area (Å²) in [6, 6.07) is -1.07. The summed E-state index contributed by atoms with van der Waals surface area (Å²) in [6.07, 6.45) is -7.18. The number of ether oxygens (including phenoxy) is 3. The first-order valence-corrected chi connectivity index (χ1v) is 10.7. The fourth-order valence-electron chi connectivity index (χ4n) is 3.44. The third-order valence-electron chi connectivity index (χ3n) is 5.02. The van der Waals surface area contributed by atoms with Crippen molar-refractivity contribution in [2.24, 2.45) is 11.7 Å². The molecule has 0 saturated carbocycles. The van der Waals surface area contributed by atoms with Crippen LogP contribution < -0.4 is 5.73 Å². The van der Waals surface area contributed by atoms with Gasteiger partial charge in [0, 0.05) is 18.9 Å². The SMILES string of the molecule is N[C@@H]1[C@@H](O)[C@H](CCOCC[C@@H]2OC(C(=O)O)=C[C@H](O)[C@H]2OS(=O)(=O)O)[C@@H](CO)O[C@@H]1O. The van der Waals surface area contributed by atoms with Gasteiger partial charge in [-0.2, -0.15) is 8.42 Å². The van der Waals surface area contributed by atoms with Crippen LogP contribution in [0.1, 0.15) is 12.8 Å². The highest BCUT2D eigenvalue weighted by Crippen LogP contribution is 2.27.